The first kappa shape index (κ1) is 19.6. The minimum absolute atomic E-state index is 0.223. The summed E-state index contributed by atoms with van der Waals surface area (Å²) in [5, 5.41) is 2.53. The van der Waals surface area contributed by atoms with E-state index in [0.29, 0.717) is 5.75 Å². The minimum atomic E-state index is -3.71. The third-order valence-corrected chi connectivity index (χ3v) is 4.21. The van der Waals surface area contributed by atoms with Crippen LogP contribution in [0.5, 0.6) is 17.2 Å². The second kappa shape index (κ2) is 8.44. The Morgan fingerprint density at radius 3 is 2.12 bits per heavy atom. The largest absolute Gasteiger partial charge is 0.493 e. The Kier molecular flexibility index (Phi) is 6.90. The average Bonchev–Trinajstić information content (AvgIpc) is 2.55. The van der Waals surface area contributed by atoms with E-state index in [4.69, 9.17) is 14.2 Å². The van der Waals surface area contributed by atoms with E-state index < -0.39 is 15.9 Å². The van der Waals surface area contributed by atoms with Crippen LogP contribution in [0.2, 0.25) is 0 Å². The van der Waals surface area contributed by atoms with Gasteiger partial charge in [-0.2, -0.15) is 0 Å². The number of carbonyl (C=O) groups is 1. The van der Waals surface area contributed by atoms with E-state index in [-0.39, 0.29) is 30.3 Å². The van der Waals surface area contributed by atoms with Crippen molar-refractivity contribution in [3.63, 3.8) is 0 Å². The fourth-order valence-corrected chi connectivity index (χ4v) is 2.82. The molecular formula is C15H22N2O6S. The van der Waals surface area contributed by atoms with Crippen LogP contribution in [0.1, 0.15) is 0 Å². The molecule has 1 aromatic carbocycles. The third kappa shape index (κ3) is 4.79. The van der Waals surface area contributed by atoms with Gasteiger partial charge in [-0.05, 0) is 0 Å². The number of anilines is 1. The van der Waals surface area contributed by atoms with Gasteiger partial charge in [0.2, 0.25) is 21.7 Å². The standard InChI is InChI=1S/C15H22N2O6S/c1-6-7-16-14(18)10-17(24(5,19)20)11-8-12(21-2)15(23-4)13(9-11)22-3/h6,8-9H,1,7,10H2,2-5H3,(H,16,18). The number of benzene rings is 1. The van der Waals surface area contributed by atoms with Gasteiger partial charge in [0.15, 0.2) is 11.5 Å². The molecule has 0 saturated carbocycles. The molecule has 0 heterocycles. The van der Waals surface area contributed by atoms with Gasteiger partial charge in [0.25, 0.3) is 0 Å². The van der Waals surface area contributed by atoms with E-state index in [1.807, 2.05) is 0 Å². The lowest BCUT2D eigenvalue weighted by Gasteiger charge is -2.23. The molecule has 8 nitrogen and oxygen atoms in total. The molecule has 1 rings (SSSR count). The number of amides is 1. The number of rotatable bonds is 9. The first-order chi connectivity index (χ1) is 11.3. The van der Waals surface area contributed by atoms with E-state index in [0.717, 1.165) is 10.6 Å². The van der Waals surface area contributed by atoms with Gasteiger partial charge >= 0.3 is 0 Å². The van der Waals surface area contributed by atoms with Crippen molar-refractivity contribution in [1.29, 1.82) is 0 Å². The van der Waals surface area contributed by atoms with Crippen LogP contribution in [0.25, 0.3) is 0 Å². The van der Waals surface area contributed by atoms with E-state index in [2.05, 4.69) is 11.9 Å². The van der Waals surface area contributed by atoms with Gasteiger partial charge in [0.05, 0.1) is 33.3 Å². The highest BCUT2D eigenvalue weighted by molar-refractivity contribution is 7.92. The quantitative estimate of drug-likeness (QED) is 0.656. The summed E-state index contributed by atoms with van der Waals surface area (Å²) in [6, 6.07) is 2.92. The molecule has 0 fully saturated rings. The smallest absolute Gasteiger partial charge is 0.241 e. The fraction of sp³-hybridized carbons (Fsp3) is 0.400. The molecular weight excluding hydrogens is 336 g/mol. The molecule has 0 radical (unpaired) electrons. The van der Waals surface area contributed by atoms with Crippen molar-refractivity contribution >= 4 is 21.6 Å². The van der Waals surface area contributed by atoms with Crippen LogP contribution < -0.4 is 23.8 Å². The van der Waals surface area contributed by atoms with E-state index in [1.165, 1.54) is 39.5 Å². The second-order valence-electron chi connectivity index (χ2n) is 4.75. The van der Waals surface area contributed by atoms with Crippen molar-refractivity contribution in [2.45, 2.75) is 0 Å². The van der Waals surface area contributed by atoms with Crippen LogP contribution in [0, 0.1) is 0 Å². The number of carbonyl (C=O) groups excluding carboxylic acids is 1. The molecule has 0 saturated heterocycles. The molecule has 134 valence electrons. The zero-order valence-corrected chi connectivity index (χ0v) is 15.0. The fourth-order valence-electron chi connectivity index (χ4n) is 1.98. The van der Waals surface area contributed by atoms with Crippen LogP contribution in [-0.4, -0.2) is 55.0 Å². The van der Waals surface area contributed by atoms with E-state index in [9.17, 15) is 13.2 Å². The van der Waals surface area contributed by atoms with Crippen molar-refractivity contribution in [2.75, 3.05) is 45.0 Å². The number of hydrogen-bond acceptors (Lipinski definition) is 6. The van der Waals surface area contributed by atoms with Crippen molar-refractivity contribution in [1.82, 2.24) is 5.32 Å². The molecule has 1 N–H and O–H groups in total. The molecule has 0 aliphatic rings. The highest BCUT2D eigenvalue weighted by Crippen LogP contribution is 2.41. The zero-order chi connectivity index (χ0) is 18.3. The van der Waals surface area contributed by atoms with Gasteiger partial charge < -0.3 is 19.5 Å². The van der Waals surface area contributed by atoms with Crippen LogP contribution in [0.3, 0.4) is 0 Å². The topological polar surface area (TPSA) is 94.2 Å². The van der Waals surface area contributed by atoms with Crippen molar-refractivity contribution in [2.24, 2.45) is 0 Å². The highest BCUT2D eigenvalue weighted by Gasteiger charge is 2.24. The third-order valence-electron chi connectivity index (χ3n) is 3.07. The number of sulfonamides is 1. The summed E-state index contributed by atoms with van der Waals surface area (Å²) in [5.74, 6) is 0.432. The van der Waals surface area contributed by atoms with Gasteiger partial charge in [0, 0.05) is 18.7 Å². The number of hydrogen-bond donors (Lipinski definition) is 1. The van der Waals surface area contributed by atoms with Gasteiger partial charge in [-0.1, -0.05) is 6.08 Å². The lowest BCUT2D eigenvalue weighted by atomic mass is 10.2. The summed E-state index contributed by atoms with van der Waals surface area (Å²) in [5.41, 5.74) is 0.223. The molecule has 0 spiro atoms. The second-order valence-corrected chi connectivity index (χ2v) is 6.65. The summed E-state index contributed by atoms with van der Waals surface area (Å²) < 4.78 is 40.8. The predicted octanol–water partition coefficient (Wildman–Crippen LogP) is 0.781. The zero-order valence-electron chi connectivity index (χ0n) is 14.2. The molecule has 1 amide bonds. The van der Waals surface area contributed by atoms with Gasteiger partial charge in [-0.25, -0.2) is 8.42 Å². The number of nitrogens with zero attached hydrogens (tertiary/aromatic N) is 1. The SMILES string of the molecule is C=CCNC(=O)CN(c1cc(OC)c(OC)c(OC)c1)S(C)(=O)=O. The van der Waals surface area contributed by atoms with Crippen LogP contribution in [-0.2, 0) is 14.8 Å². The van der Waals surface area contributed by atoms with E-state index >= 15 is 0 Å². The lowest BCUT2D eigenvalue weighted by Crippen LogP contribution is -2.40. The van der Waals surface area contributed by atoms with Gasteiger partial charge in [0.1, 0.15) is 6.54 Å². The van der Waals surface area contributed by atoms with Crippen molar-refractivity contribution in [3.8, 4) is 17.2 Å². The maximum atomic E-state index is 12.1. The molecule has 24 heavy (non-hydrogen) atoms. The van der Waals surface area contributed by atoms with Crippen molar-refractivity contribution < 1.29 is 27.4 Å². The minimum Gasteiger partial charge on any atom is -0.493 e. The molecule has 0 bridgehead atoms. The Balaban J connectivity index is 3.33. The molecule has 0 aliphatic heterocycles. The van der Waals surface area contributed by atoms with Gasteiger partial charge in [-0.15, -0.1) is 6.58 Å². The molecule has 9 heteroatoms. The summed E-state index contributed by atoms with van der Waals surface area (Å²) in [6.45, 7) is 3.35. The maximum Gasteiger partial charge on any atom is 0.241 e. The first-order valence-corrected chi connectivity index (χ1v) is 8.78. The predicted molar refractivity (Wildman–Crippen MR) is 91.5 cm³/mol. The number of methoxy groups -OCH3 is 3. The number of nitrogens with one attached hydrogen (secondary N) is 1. The Labute approximate surface area is 142 Å². The summed E-state index contributed by atoms with van der Waals surface area (Å²) in [6.07, 6.45) is 2.51. The van der Waals surface area contributed by atoms with Crippen LogP contribution in [0.15, 0.2) is 24.8 Å². The molecule has 1 aromatic rings. The first-order valence-electron chi connectivity index (χ1n) is 6.93. The normalized spacial score (nSPS) is 10.7. The Bertz CT molecular complexity index is 677. The Morgan fingerprint density at radius 1 is 1.21 bits per heavy atom. The van der Waals surface area contributed by atoms with Gasteiger partial charge in [-0.3, -0.25) is 9.10 Å². The Hall–Kier alpha value is -2.42. The Morgan fingerprint density at radius 2 is 1.75 bits per heavy atom. The molecule has 0 atom stereocenters. The van der Waals surface area contributed by atoms with Crippen LogP contribution in [0.4, 0.5) is 5.69 Å². The monoisotopic (exact) mass is 358 g/mol. The van der Waals surface area contributed by atoms with E-state index in [1.54, 1.807) is 0 Å². The van der Waals surface area contributed by atoms with Crippen LogP contribution >= 0.6 is 0 Å². The summed E-state index contributed by atoms with van der Waals surface area (Å²) >= 11 is 0. The molecule has 0 aromatic heterocycles. The maximum absolute atomic E-state index is 12.1. The summed E-state index contributed by atoms with van der Waals surface area (Å²) in [4.78, 5) is 11.9. The molecule has 0 unspecified atom stereocenters. The lowest BCUT2D eigenvalue weighted by molar-refractivity contribution is -0.119. The highest BCUT2D eigenvalue weighted by atomic mass is 32.2. The molecule has 0 aliphatic carbocycles. The average molecular weight is 358 g/mol. The number of ether oxygens (including phenoxy) is 3. The van der Waals surface area contributed by atoms with Crippen molar-refractivity contribution in [3.05, 3.63) is 24.8 Å². The summed E-state index contributed by atoms with van der Waals surface area (Å²) in [7, 11) is 0.567.